The van der Waals surface area contributed by atoms with E-state index in [4.69, 9.17) is 0 Å². The van der Waals surface area contributed by atoms with Gasteiger partial charge in [0.05, 0.1) is 11.2 Å². The number of nitrogens with zero attached hydrogens (tertiary/aromatic N) is 2. The molecule has 1 radical (unpaired) electrons. The Bertz CT molecular complexity index is 741. The molecule has 99 valence electrons. The van der Waals surface area contributed by atoms with Crippen molar-refractivity contribution >= 4 is 11.8 Å². The number of hydrogen-bond acceptors (Lipinski definition) is 2. The monoisotopic (exact) mass is 263 g/mol. The molecular weight excluding hydrogens is 248 g/mol. The van der Waals surface area contributed by atoms with Gasteiger partial charge in [-0.3, -0.25) is 4.79 Å². The third-order valence-corrected chi connectivity index (χ3v) is 3.51. The fourth-order valence-electron chi connectivity index (χ4n) is 2.47. The number of pyridine rings is 1. The lowest BCUT2D eigenvalue weighted by Crippen LogP contribution is -1.93. The van der Waals surface area contributed by atoms with Crippen molar-refractivity contribution in [2.75, 3.05) is 0 Å². The van der Waals surface area contributed by atoms with Crippen LogP contribution in [0.15, 0.2) is 48.7 Å². The largest absolute Gasteiger partial charge is 0.285 e. The lowest BCUT2D eigenvalue weighted by Gasteiger charge is -2.03. The first-order valence-corrected chi connectivity index (χ1v) is 6.74. The molecule has 0 fully saturated rings. The minimum atomic E-state index is 0.587. The number of carbonyl (C=O) groups excluding carboxylic acids is 1. The van der Waals surface area contributed by atoms with Crippen LogP contribution in [0.2, 0.25) is 0 Å². The number of fused-ring (bicyclic) bond motifs is 1. The minimum absolute atomic E-state index is 0.587. The summed E-state index contributed by atoms with van der Waals surface area (Å²) in [6.07, 6.45) is 5.62. The SMILES string of the molecule is CCc1nn2ccccc2c1Cc1ccc([C]=O)cc1. The second kappa shape index (κ2) is 5.29. The first kappa shape index (κ1) is 12.6. The third-order valence-electron chi connectivity index (χ3n) is 3.51. The van der Waals surface area contributed by atoms with Crippen molar-refractivity contribution in [3.05, 3.63) is 71.0 Å². The fraction of sp³-hybridized carbons (Fsp3) is 0.176. The maximum Gasteiger partial charge on any atom is 0.233 e. The summed E-state index contributed by atoms with van der Waals surface area (Å²) in [5.41, 5.74) is 5.30. The van der Waals surface area contributed by atoms with Crippen molar-refractivity contribution in [1.29, 1.82) is 0 Å². The lowest BCUT2D eigenvalue weighted by atomic mass is 10.0. The van der Waals surface area contributed by atoms with E-state index in [2.05, 4.69) is 18.1 Å². The van der Waals surface area contributed by atoms with E-state index in [1.807, 2.05) is 41.3 Å². The summed E-state index contributed by atoms with van der Waals surface area (Å²) in [5.74, 6) is 0. The lowest BCUT2D eigenvalue weighted by molar-refractivity contribution is 0.563. The highest BCUT2D eigenvalue weighted by Gasteiger charge is 2.11. The van der Waals surface area contributed by atoms with E-state index in [9.17, 15) is 4.79 Å². The molecule has 0 aliphatic rings. The molecular formula is C17H15N2O. The smallest absolute Gasteiger partial charge is 0.233 e. The van der Waals surface area contributed by atoms with Gasteiger partial charge in [-0.2, -0.15) is 5.10 Å². The Hall–Kier alpha value is -2.42. The first-order valence-electron chi connectivity index (χ1n) is 6.74. The summed E-state index contributed by atoms with van der Waals surface area (Å²) in [5, 5.41) is 4.62. The van der Waals surface area contributed by atoms with Gasteiger partial charge in [0.15, 0.2) is 0 Å². The Morgan fingerprint density at radius 2 is 1.95 bits per heavy atom. The second-order valence-corrected chi connectivity index (χ2v) is 4.79. The molecule has 0 aliphatic heterocycles. The molecule has 0 N–H and O–H groups in total. The fourth-order valence-corrected chi connectivity index (χ4v) is 2.47. The molecule has 3 aromatic rings. The number of aromatic nitrogens is 2. The van der Waals surface area contributed by atoms with Crippen LogP contribution in [0, 0.1) is 0 Å². The van der Waals surface area contributed by atoms with E-state index in [0.29, 0.717) is 5.56 Å². The normalized spacial score (nSPS) is 10.8. The van der Waals surface area contributed by atoms with Crippen molar-refractivity contribution in [2.24, 2.45) is 0 Å². The van der Waals surface area contributed by atoms with Crippen LogP contribution in [0.5, 0.6) is 0 Å². The molecule has 0 saturated heterocycles. The zero-order chi connectivity index (χ0) is 13.9. The first-order chi connectivity index (χ1) is 9.81. The topological polar surface area (TPSA) is 34.4 Å². The maximum absolute atomic E-state index is 10.6. The maximum atomic E-state index is 10.6. The van der Waals surface area contributed by atoms with E-state index in [1.165, 1.54) is 11.1 Å². The van der Waals surface area contributed by atoms with Crippen LogP contribution in [0.4, 0.5) is 0 Å². The van der Waals surface area contributed by atoms with Gasteiger partial charge in [-0.15, -0.1) is 0 Å². The van der Waals surface area contributed by atoms with Crippen molar-refractivity contribution in [3.8, 4) is 0 Å². The van der Waals surface area contributed by atoms with E-state index < -0.39 is 0 Å². The number of hydrogen-bond donors (Lipinski definition) is 0. The Kier molecular flexibility index (Phi) is 3.33. The number of rotatable bonds is 4. The molecule has 0 aliphatic carbocycles. The Morgan fingerprint density at radius 1 is 1.15 bits per heavy atom. The predicted octanol–water partition coefficient (Wildman–Crippen LogP) is 2.95. The van der Waals surface area contributed by atoms with Gasteiger partial charge in [0.2, 0.25) is 6.29 Å². The van der Waals surface area contributed by atoms with Gasteiger partial charge < -0.3 is 0 Å². The number of aryl methyl sites for hydroxylation is 1. The van der Waals surface area contributed by atoms with Gasteiger partial charge in [-0.25, -0.2) is 4.52 Å². The van der Waals surface area contributed by atoms with Crippen LogP contribution >= 0.6 is 0 Å². The van der Waals surface area contributed by atoms with Crippen molar-refractivity contribution in [3.63, 3.8) is 0 Å². The molecule has 20 heavy (non-hydrogen) atoms. The van der Waals surface area contributed by atoms with E-state index in [-0.39, 0.29) is 0 Å². The molecule has 0 bridgehead atoms. The summed E-state index contributed by atoms with van der Waals surface area (Å²) < 4.78 is 1.93. The molecule has 3 heteroatoms. The van der Waals surface area contributed by atoms with Gasteiger partial charge in [-0.1, -0.05) is 37.3 Å². The molecule has 0 spiro atoms. The second-order valence-electron chi connectivity index (χ2n) is 4.79. The van der Waals surface area contributed by atoms with Gasteiger partial charge >= 0.3 is 0 Å². The van der Waals surface area contributed by atoms with Crippen LogP contribution in [0.25, 0.3) is 5.52 Å². The summed E-state index contributed by atoms with van der Waals surface area (Å²) in [7, 11) is 0. The van der Waals surface area contributed by atoms with Crippen molar-refractivity contribution in [1.82, 2.24) is 9.61 Å². The standard InChI is InChI=1S/C17H15N2O/c1-2-16-15(17-5-3-4-10-19(17)18-16)11-13-6-8-14(12-20)9-7-13/h3-10H,2,11H2,1H3. The number of benzene rings is 1. The quantitative estimate of drug-likeness (QED) is 0.725. The average molecular weight is 263 g/mol. The van der Waals surface area contributed by atoms with Crippen LogP contribution < -0.4 is 0 Å². The van der Waals surface area contributed by atoms with Crippen LogP contribution in [0.3, 0.4) is 0 Å². The van der Waals surface area contributed by atoms with Gasteiger partial charge in [0.25, 0.3) is 0 Å². The summed E-state index contributed by atoms with van der Waals surface area (Å²) in [4.78, 5) is 10.6. The Balaban J connectivity index is 2.02. The minimum Gasteiger partial charge on any atom is -0.285 e. The predicted molar refractivity (Wildman–Crippen MR) is 78.6 cm³/mol. The van der Waals surface area contributed by atoms with Crippen LogP contribution in [-0.2, 0) is 17.6 Å². The zero-order valence-corrected chi connectivity index (χ0v) is 11.3. The van der Waals surface area contributed by atoms with Crippen molar-refractivity contribution < 1.29 is 4.79 Å². The third kappa shape index (κ3) is 2.23. The summed E-state index contributed by atoms with van der Waals surface area (Å²) in [6, 6.07) is 13.7. The zero-order valence-electron chi connectivity index (χ0n) is 11.3. The van der Waals surface area contributed by atoms with Crippen LogP contribution in [0.1, 0.15) is 29.3 Å². The van der Waals surface area contributed by atoms with Crippen LogP contribution in [-0.4, -0.2) is 15.9 Å². The van der Waals surface area contributed by atoms with Gasteiger partial charge in [-0.05, 0) is 24.1 Å². The molecule has 2 aromatic heterocycles. The van der Waals surface area contributed by atoms with Crippen molar-refractivity contribution in [2.45, 2.75) is 19.8 Å². The van der Waals surface area contributed by atoms with E-state index in [0.717, 1.165) is 24.1 Å². The molecule has 2 heterocycles. The van der Waals surface area contributed by atoms with Gasteiger partial charge in [0, 0.05) is 23.7 Å². The summed E-state index contributed by atoms with van der Waals surface area (Å²) in [6.45, 7) is 2.12. The Morgan fingerprint density at radius 3 is 2.65 bits per heavy atom. The Labute approximate surface area is 117 Å². The molecule has 3 rings (SSSR count). The van der Waals surface area contributed by atoms with Gasteiger partial charge in [0.1, 0.15) is 0 Å². The van der Waals surface area contributed by atoms with E-state index >= 15 is 0 Å². The molecule has 3 nitrogen and oxygen atoms in total. The molecule has 0 amide bonds. The molecule has 0 saturated carbocycles. The highest BCUT2D eigenvalue weighted by atomic mass is 16.1. The summed E-state index contributed by atoms with van der Waals surface area (Å²) >= 11 is 0. The molecule has 1 aromatic carbocycles. The molecule has 0 atom stereocenters. The molecule has 0 unspecified atom stereocenters. The highest BCUT2D eigenvalue weighted by molar-refractivity contribution is 5.75. The van der Waals surface area contributed by atoms with E-state index in [1.54, 1.807) is 12.1 Å². The highest BCUT2D eigenvalue weighted by Crippen LogP contribution is 2.20. The average Bonchev–Trinajstić information content (AvgIpc) is 2.86.